The van der Waals surface area contributed by atoms with Gasteiger partial charge in [0, 0.05) is 49.1 Å². The summed E-state index contributed by atoms with van der Waals surface area (Å²) in [5, 5.41) is 1.21. The maximum absolute atomic E-state index is 14.0. The van der Waals surface area contributed by atoms with E-state index in [1.807, 2.05) is 23.1 Å². The third kappa shape index (κ3) is 2.81. The first kappa shape index (κ1) is 16.5. The van der Waals surface area contributed by atoms with Crippen LogP contribution in [0.4, 0.5) is 4.39 Å². The van der Waals surface area contributed by atoms with Crippen molar-refractivity contribution in [1.82, 2.24) is 9.80 Å². The first-order valence-electron chi connectivity index (χ1n) is 9.36. The maximum Gasteiger partial charge on any atom is 0.254 e. The van der Waals surface area contributed by atoms with Gasteiger partial charge in [-0.05, 0) is 23.1 Å². The minimum absolute atomic E-state index is 0.0123. The highest BCUT2D eigenvalue weighted by Gasteiger charge is 2.52. The topological polar surface area (TPSA) is 23.6 Å². The third-order valence-corrected chi connectivity index (χ3v) is 5.81. The zero-order valence-electron chi connectivity index (χ0n) is 15.1. The molecule has 136 valence electrons. The second-order valence-corrected chi connectivity index (χ2v) is 7.93. The Bertz CT molecular complexity index is 1000. The second-order valence-electron chi connectivity index (χ2n) is 7.93. The van der Waals surface area contributed by atoms with Crippen molar-refractivity contribution < 1.29 is 9.18 Å². The lowest BCUT2D eigenvalue weighted by atomic mass is 9.72. The number of fused-ring (bicyclic) bond motifs is 1. The second kappa shape index (κ2) is 6.17. The standard InChI is InChI=1S/C23H21FN2O/c24-21-11-10-20(18-8-4-5-9-19(18)21)22(27)26-15-23(16-26)13-25(14-23)12-17-6-2-1-3-7-17/h1-11H,12-16H2. The third-order valence-electron chi connectivity index (χ3n) is 5.81. The zero-order valence-corrected chi connectivity index (χ0v) is 15.1. The molecule has 2 fully saturated rings. The van der Waals surface area contributed by atoms with E-state index in [9.17, 15) is 9.18 Å². The average Bonchev–Trinajstić information content (AvgIpc) is 2.63. The number of benzene rings is 3. The van der Waals surface area contributed by atoms with Gasteiger partial charge in [-0.1, -0.05) is 54.6 Å². The van der Waals surface area contributed by atoms with Gasteiger partial charge in [-0.2, -0.15) is 0 Å². The largest absolute Gasteiger partial charge is 0.337 e. The summed E-state index contributed by atoms with van der Waals surface area (Å²) in [4.78, 5) is 17.3. The minimum atomic E-state index is -0.280. The van der Waals surface area contributed by atoms with Crippen LogP contribution in [0.2, 0.25) is 0 Å². The predicted octanol–water partition coefficient (Wildman–Crippen LogP) is 3.94. The molecule has 0 aromatic heterocycles. The maximum atomic E-state index is 14.0. The number of rotatable bonds is 3. The Balaban J connectivity index is 1.25. The number of nitrogens with zero attached hydrogens (tertiary/aromatic N) is 2. The normalized spacial score (nSPS) is 18.3. The highest BCUT2D eigenvalue weighted by atomic mass is 19.1. The van der Waals surface area contributed by atoms with Crippen LogP contribution in [0.25, 0.3) is 10.8 Å². The van der Waals surface area contributed by atoms with Gasteiger partial charge in [0.15, 0.2) is 0 Å². The lowest BCUT2D eigenvalue weighted by molar-refractivity contribution is -0.102. The fraction of sp³-hybridized carbons (Fsp3) is 0.261. The number of carbonyl (C=O) groups is 1. The first-order valence-corrected chi connectivity index (χ1v) is 9.36. The van der Waals surface area contributed by atoms with Gasteiger partial charge < -0.3 is 4.90 Å². The van der Waals surface area contributed by atoms with Gasteiger partial charge >= 0.3 is 0 Å². The van der Waals surface area contributed by atoms with Crippen LogP contribution < -0.4 is 0 Å². The summed E-state index contributed by atoms with van der Waals surface area (Å²) < 4.78 is 14.0. The Kier molecular flexibility index (Phi) is 3.76. The fourth-order valence-corrected chi connectivity index (χ4v) is 4.58. The summed E-state index contributed by atoms with van der Waals surface area (Å²) in [6.45, 7) is 4.64. The highest BCUT2D eigenvalue weighted by molar-refractivity contribution is 6.07. The summed E-state index contributed by atoms with van der Waals surface area (Å²) in [6, 6.07) is 20.7. The predicted molar refractivity (Wildman–Crippen MR) is 104 cm³/mol. The molecule has 0 bridgehead atoms. The molecule has 27 heavy (non-hydrogen) atoms. The van der Waals surface area contributed by atoms with Crippen molar-refractivity contribution in [1.29, 1.82) is 0 Å². The van der Waals surface area contributed by atoms with Crippen LogP contribution in [0.5, 0.6) is 0 Å². The van der Waals surface area contributed by atoms with E-state index in [0.717, 1.165) is 32.7 Å². The van der Waals surface area contributed by atoms with E-state index in [-0.39, 0.29) is 17.1 Å². The van der Waals surface area contributed by atoms with Crippen molar-refractivity contribution in [2.24, 2.45) is 5.41 Å². The van der Waals surface area contributed by atoms with E-state index < -0.39 is 0 Å². The van der Waals surface area contributed by atoms with Gasteiger partial charge in [-0.3, -0.25) is 9.69 Å². The van der Waals surface area contributed by atoms with Gasteiger partial charge in [0.1, 0.15) is 5.82 Å². The first-order chi connectivity index (χ1) is 13.1. The van der Waals surface area contributed by atoms with Crippen LogP contribution in [0.15, 0.2) is 66.7 Å². The van der Waals surface area contributed by atoms with Crippen molar-refractivity contribution in [3.8, 4) is 0 Å². The van der Waals surface area contributed by atoms with Crippen molar-refractivity contribution >= 4 is 16.7 Å². The van der Waals surface area contributed by atoms with Crippen LogP contribution in [-0.2, 0) is 6.54 Å². The molecule has 0 unspecified atom stereocenters. The SMILES string of the molecule is O=C(c1ccc(F)c2ccccc12)N1CC2(CN(Cc3ccccc3)C2)C1. The summed E-state index contributed by atoms with van der Waals surface area (Å²) in [5.74, 6) is -0.267. The molecule has 5 rings (SSSR count). The Hall–Kier alpha value is -2.72. The van der Waals surface area contributed by atoms with E-state index in [2.05, 4.69) is 29.2 Å². The molecule has 2 heterocycles. The number of hydrogen-bond donors (Lipinski definition) is 0. The van der Waals surface area contributed by atoms with E-state index in [1.165, 1.54) is 11.6 Å². The molecular weight excluding hydrogens is 339 g/mol. The van der Waals surface area contributed by atoms with Crippen LogP contribution in [-0.4, -0.2) is 41.9 Å². The monoisotopic (exact) mass is 360 g/mol. The highest BCUT2D eigenvalue weighted by Crippen LogP contribution is 2.41. The van der Waals surface area contributed by atoms with Crippen LogP contribution in [0.3, 0.4) is 0 Å². The fourth-order valence-electron chi connectivity index (χ4n) is 4.58. The van der Waals surface area contributed by atoms with E-state index in [1.54, 1.807) is 18.2 Å². The molecule has 2 aliphatic heterocycles. The molecule has 2 aliphatic rings. The number of hydrogen-bond acceptors (Lipinski definition) is 2. The van der Waals surface area contributed by atoms with E-state index in [4.69, 9.17) is 0 Å². The van der Waals surface area contributed by atoms with Gasteiger partial charge in [-0.15, -0.1) is 0 Å². The molecular formula is C23H21FN2O. The Morgan fingerprint density at radius 1 is 0.852 bits per heavy atom. The quantitative estimate of drug-likeness (QED) is 0.706. The number of halogens is 1. The number of amides is 1. The van der Waals surface area contributed by atoms with Gasteiger partial charge in [-0.25, -0.2) is 4.39 Å². The van der Waals surface area contributed by atoms with Crippen molar-refractivity contribution in [2.75, 3.05) is 26.2 Å². The number of carbonyl (C=O) groups excluding carboxylic acids is 1. The van der Waals surface area contributed by atoms with Gasteiger partial charge in [0.05, 0.1) is 0 Å². The zero-order chi connectivity index (χ0) is 18.4. The molecule has 0 atom stereocenters. The molecule has 3 nitrogen and oxygen atoms in total. The Labute approximate surface area is 158 Å². The van der Waals surface area contributed by atoms with Gasteiger partial charge in [0.25, 0.3) is 5.91 Å². The molecule has 0 saturated carbocycles. The molecule has 3 aromatic carbocycles. The lowest BCUT2D eigenvalue weighted by Crippen LogP contribution is -2.72. The smallest absolute Gasteiger partial charge is 0.254 e. The van der Waals surface area contributed by atoms with Crippen LogP contribution >= 0.6 is 0 Å². The summed E-state index contributed by atoms with van der Waals surface area (Å²) >= 11 is 0. The summed E-state index contributed by atoms with van der Waals surface area (Å²) in [5.41, 5.74) is 2.18. The van der Waals surface area contributed by atoms with Crippen molar-refractivity contribution in [3.05, 3.63) is 83.7 Å². The molecule has 0 aliphatic carbocycles. The Morgan fingerprint density at radius 3 is 2.26 bits per heavy atom. The minimum Gasteiger partial charge on any atom is -0.337 e. The molecule has 1 amide bonds. The molecule has 4 heteroatoms. The van der Waals surface area contributed by atoms with Gasteiger partial charge in [0.2, 0.25) is 0 Å². The van der Waals surface area contributed by atoms with Crippen LogP contribution in [0.1, 0.15) is 15.9 Å². The van der Waals surface area contributed by atoms with E-state index in [0.29, 0.717) is 16.3 Å². The molecule has 2 saturated heterocycles. The average molecular weight is 360 g/mol. The number of likely N-dealkylation sites (tertiary alicyclic amines) is 2. The lowest BCUT2D eigenvalue weighted by Gasteiger charge is -2.60. The van der Waals surface area contributed by atoms with E-state index >= 15 is 0 Å². The van der Waals surface area contributed by atoms with Crippen molar-refractivity contribution in [3.63, 3.8) is 0 Å². The summed E-state index contributed by atoms with van der Waals surface area (Å²) in [7, 11) is 0. The molecule has 0 radical (unpaired) electrons. The molecule has 1 spiro atoms. The molecule has 3 aromatic rings. The van der Waals surface area contributed by atoms with Crippen LogP contribution in [0, 0.1) is 11.2 Å². The van der Waals surface area contributed by atoms with Crippen molar-refractivity contribution in [2.45, 2.75) is 6.54 Å². The molecule has 0 N–H and O–H groups in total. The Morgan fingerprint density at radius 2 is 1.52 bits per heavy atom. The summed E-state index contributed by atoms with van der Waals surface area (Å²) in [6.07, 6.45) is 0.